The van der Waals surface area contributed by atoms with Crippen molar-refractivity contribution in [3.05, 3.63) is 47.0 Å². The van der Waals surface area contributed by atoms with Gasteiger partial charge in [0.1, 0.15) is 11.4 Å². The van der Waals surface area contributed by atoms with Crippen molar-refractivity contribution in [3.63, 3.8) is 0 Å². The zero-order valence-electron chi connectivity index (χ0n) is 18.0. The van der Waals surface area contributed by atoms with E-state index < -0.39 is 5.60 Å². The summed E-state index contributed by atoms with van der Waals surface area (Å²) in [6, 6.07) is 8.66. The van der Waals surface area contributed by atoms with Crippen LogP contribution in [0.3, 0.4) is 0 Å². The van der Waals surface area contributed by atoms with E-state index in [2.05, 4.69) is 54.9 Å². The predicted octanol–water partition coefficient (Wildman–Crippen LogP) is 3.61. The van der Waals surface area contributed by atoms with Crippen molar-refractivity contribution >= 4 is 17.2 Å². The molecule has 0 unspecified atom stereocenters. The van der Waals surface area contributed by atoms with Crippen molar-refractivity contribution in [1.29, 1.82) is 0 Å². The summed E-state index contributed by atoms with van der Waals surface area (Å²) in [7, 11) is 0. The summed E-state index contributed by atoms with van der Waals surface area (Å²) in [5.41, 5.74) is 9.16. The maximum Gasteiger partial charge on any atom is 0.246 e. The van der Waals surface area contributed by atoms with E-state index in [4.69, 9.17) is 15.5 Å². The van der Waals surface area contributed by atoms with Gasteiger partial charge in [-0.25, -0.2) is 9.98 Å². The highest BCUT2D eigenvalue weighted by Crippen LogP contribution is 2.41. The number of hydrogen-bond acceptors (Lipinski definition) is 8. The van der Waals surface area contributed by atoms with E-state index in [1.54, 1.807) is 6.92 Å². The van der Waals surface area contributed by atoms with Gasteiger partial charge >= 0.3 is 0 Å². The molecule has 5 rings (SSSR count). The van der Waals surface area contributed by atoms with Gasteiger partial charge in [0.15, 0.2) is 17.3 Å². The summed E-state index contributed by atoms with van der Waals surface area (Å²) in [6.45, 7) is 5.78. The van der Waals surface area contributed by atoms with Crippen LogP contribution >= 0.6 is 0 Å². The Labute approximate surface area is 180 Å². The van der Waals surface area contributed by atoms with Crippen LogP contribution in [0.5, 0.6) is 5.88 Å². The zero-order valence-corrected chi connectivity index (χ0v) is 18.0. The SMILES string of the molecule is Cc1nc(N)c2c(n1)OC(C)(C)C(c1ccc([C@H]3CC[C@H](c4nn[nH]n4)CC3)cc1)=N2. The van der Waals surface area contributed by atoms with Gasteiger partial charge in [0.25, 0.3) is 0 Å². The number of ether oxygens (including phenoxy) is 1. The number of fused-ring (bicyclic) bond motifs is 1. The highest BCUT2D eigenvalue weighted by molar-refractivity contribution is 6.09. The number of nitrogens with one attached hydrogen (secondary N) is 1. The van der Waals surface area contributed by atoms with Gasteiger partial charge in [-0.1, -0.05) is 29.5 Å². The molecule has 0 radical (unpaired) electrons. The lowest BCUT2D eigenvalue weighted by molar-refractivity contribution is 0.171. The quantitative estimate of drug-likeness (QED) is 0.665. The second-order valence-electron chi connectivity index (χ2n) is 8.82. The third-order valence-electron chi connectivity index (χ3n) is 6.25. The Kier molecular flexibility index (Phi) is 4.68. The number of aromatic amines is 1. The van der Waals surface area contributed by atoms with Crippen molar-refractivity contribution in [2.75, 3.05) is 5.73 Å². The first-order chi connectivity index (χ1) is 14.9. The van der Waals surface area contributed by atoms with Crippen LogP contribution in [0.15, 0.2) is 29.3 Å². The van der Waals surface area contributed by atoms with Crippen molar-refractivity contribution in [1.82, 2.24) is 30.6 Å². The Morgan fingerprint density at radius 1 is 1.03 bits per heavy atom. The molecule has 9 nitrogen and oxygen atoms in total. The maximum absolute atomic E-state index is 6.16. The average Bonchev–Trinajstić information content (AvgIpc) is 3.28. The van der Waals surface area contributed by atoms with Gasteiger partial charge in [0, 0.05) is 11.5 Å². The van der Waals surface area contributed by atoms with Gasteiger partial charge in [0.2, 0.25) is 5.88 Å². The second kappa shape index (κ2) is 7.40. The number of aliphatic imine (C=N–C) groups is 1. The fraction of sp³-hybridized carbons (Fsp3) is 0.455. The van der Waals surface area contributed by atoms with Gasteiger partial charge in [-0.05, 0) is 57.9 Å². The Morgan fingerprint density at radius 2 is 1.74 bits per heavy atom. The number of hydrogen-bond donors (Lipinski definition) is 2. The number of anilines is 1. The van der Waals surface area contributed by atoms with Crippen LogP contribution in [0.1, 0.15) is 74.1 Å². The highest BCUT2D eigenvalue weighted by atomic mass is 16.5. The number of tetrazole rings is 1. The fourth-order valence-corrected chi connectivity index (χ4v) is 4.63. The molecule has 1 aromatic carbocycles. The molecule has 3 aromatic rings. The van der Waals surface area contributed by atoms with Gasteiger partial charge < -0.3 is 10.5 Å². The monoisotopic (exact) mass is 418 g/mol. The molecule has 1 saturated carbocycles. The van der Waals surface area contributed by atoms with E-state index in [-0.39, 0.29) is 0 Å². The summed E-state index contributed by atoms with van der Waals surface area (Å²) in [5.74, 6) is 3.14. The first kappa shape index (κ1) is 19.6. The van der Waals surface area contributed by atoms with Crippen molar-refractivity contribution in [3.8, 4) is 5.88 Å². The summed E-state index contributed by atoms with van der Waals surface area (Å²) in [5, 5.41) is 14.6. The number of aryl methyl sites for hydroxylation is 1. The Balaban J connectivity index is 1.37. The molecule has 2 aromatic heterocycles. The van der Waals surface area contributed by atoms with Crippen LogP contribution in [0.4, 0.5) is 11.5 Å². The number of aromatic nitrogens is 6. The van der Waals surface area contributed by atoms with Crippen LogP contribution in [-0.4, -0.2) is 41.9 Å². The minimum Gasteiger partial charge on any atom is -0.463 e. The summed E-state index contributed by atoms with van der Waals surface area (Å²) >= 11 is 0. The van der Waals surface area contributed by atoms with E-state index >= 15 is 0 Å². The molecule has 1 aliphatic carbocycles. The van der Waals surface area contributed by atoms with Crippen molar-refractivity contribution in [2.24, 2.45) is 4.99 Å². The lowest BCUT2D eigenvalue weighted by Gasteiger charge is -2.32. The predicted molar refractivity (Wildman–Crippen MR) is 117 cm³/mol. The van der Waals surface area contributed by atoms with E-state index in [0.29, 0.717) is 35.0 Å². The van der Waals surface area contributed by atoms with Crippen LogP contribution in [0.2, 0.25) is 0 Å². The number of nitrogens with two attached hydrogens (primary N) is 1. The number of nitrogen functional groups attached to an aromatic ring is 1. The lowest BCUT2D eigenvalue weighted by Crippen LogP contribution is -2.41. The second-order valence-corrected chi connectivity index (χ2v) is 8.82. The molecule has 9 heteroatoms. The molecule has 0 saturated heterocycles. The molecule has 0 spiro atoms. The molecule has 3 heterocycles. The molecular weight excluding hydrogens is 392 g/mol. The topological polar surface area (TPSA) is 128 Å². The normalized spacial score (nSPS) is 22.4. The Morgan fingerprint density at radius 3 is 2.42 bits per heavy atom. The fourth-order valence-electron chi connectivity index (χ4n) is 4.63. The minimum atomic E-state index is -0.621. The third-order valence-corrected chi connectivity index (χ3v) is 6.25. The molecule has 0 bridgehead atoms. The van der Waals surface area contributed by atoms with E-state index in [1.165, 1.54) is 5.56 Å². The summed E-state index contributed by atoms with van der Waals surface area (Å²) in [6.07, 6.45) is 4.40. The largest absolute Gasteiger partial charge is 0.463 e. The summed E-state index contributed by atoms with van der Waals surface area (Å²) < 4.78 is 6.16. The van der Waals surface area contributed by atoms with Crippen LogP contribution in [-0.2, 0) is 0 Å². The van der Waals surface area contributed by atoms with Gasteiger partial charge in [-0.2, -0.15) is 10.2 Å². The highest BCUT2D eigenvalue weighted by Gasteiger charge is 2.35. The molecule has 0 atom stereocenters. The summed E-state index contributed by atoms with van der Waals surface area (Å²) in [4.78, 5) is 13.4. The molecule has 160 valence electrons. The van der Waals surface area contributed by atoms with Crippen molar-refractivity contribution in [2.45, 2.75) is 63.9 Å². The Bertz CT molecular complexity index is 1110. The molecule has 1 fully saturated rings. The van der Waals surface area contributed by atoms with Crippen LogP contribution < -0.4 is 10.5 Å². The number of benzene rings is 1. The molecule has 2 aliphatic rings. The first-order valence-corrected chi connectivity index (χ1v) is 10.7. The van der Waals surface area contributed by atoms with Crippen LogP contribution in [0.25, 0.3) is 0 Å². The van der Waals surface area contributed by atoms with E-state index in [0.717, 1.165) is 42.8 Å². The molecular formula is C22H26N8O. The Hall–Kier alpha value is -3.36. The number of rotatable bonds is 3. The van der Waals surface area contributed by atoms with Gasteiger partial charge in [-0.3, -0.25) is 0 Å². The zero-order chi connectivity index (χ0) is 21.6. The smallest absolute Gasteiger partial charge is 0.246 e. The third kappa shape index (κ3) is 3.64. The van der Waals surface area contributed by atoms with E-state index in [9.17, 15) is 0 Å². The maximum atomic E-state index is 6.16. The lowest BCUT2D eigenvalue weighted by atomic mass is 9.78. The molecule has 3 N–H and O–H groups in total. The standard InChI is InChI=1S/C22H26N8O/c1-12-24-19(23)17-21(25-12)31-22(2,3)18(26-17)15-8-4-13(5-9-15)14-6-10-16(11-7-14)20-27-29-30-28-20/h4-5,8-9,14,16H,6-7,10-11H2,1-3H3,(H2,23,24,25)(H,27,28,29,30)/t14-,16-. The molecule has 1 aliphatic heterocycles. The van der Waals surface area contributed by atoms with Gasteiger partial charge in [-0.15, -0.1) is 10.2 Å². The first-order valence-electron chi connectivity index (χ1n) is 10.7. The van der Waals surface area contributed by atoms with Crippen LogP contribution in [0, 0.1) is 6.92 Å². The average molecular weight is 419 g/mol. The molecule has 0 amide bonds. The van der Waals surface area contributed by atoms with Crippen molar-refractivity contribution < 1.29 is 4.74 Å². The number of H-pyrrole nitrogens is 1. The molecule has 31 heavy (non-hydrogen) atoms. The van der Waals surface area contributed by atoms with Gasteiger partial charge in [0.05, 0.1) is 5.71 Å². The number of nitrogens with zero attached hydrogens (tertiary/aromatic N) is 6. The minimum absolute atomic E-state index is 0.338. The van der Waals surface area contributed by atoms with E-state index in [1.807, 2.05) is 13.8 Å².